The second-order valence-electron chi connectivity index (χ2n) is 6.52. The highest BCUT2D eigenvalue weighted by molar-refractivity contribution is 6.52. The first-order chi connectivity index (χ1) is 10.8. The molecule has 1 heterocycles. The molecule has 0 radical (unpaired) electrons. The van der Waals surface area contributed by atoms with Gasteiger partial charge in [-0.3, -0.25) is 4.79 Å². The molecule has 2 atom stereocenters. The third kappa shape index (κ3) is 6.31. The van der Waals surface area contributed by atoms with Gasteiger partial charge in [-0.05, 0) is 38.8 Å². The zero-order valence-electron chi connectivity index (χ0n) is 14.2. The van der Waals surface area contributed by atoms with Crippen LogP contribution in [0.2, 0.25) is 12.1 Å². The quantitative estimate of drug-likeness (QED) is 0.750. The number of aliphatic carboxylic acids is 2. The second kappa shape index (κ2) is 9.03. The molecule has 0 spiro atoms. The molecule has 2 rings (SSSR count). The molecule has 1 fully saturated rings. The third-order valence-corrected chi connectivity index (χ3v) is 7.34. The third-order valence-electron chi connectivity index (χ3n) is 4.38. The van der Waals surface area contributed by atoms with E-state index in [9.17, 15) is 9.59 Å². The van der Waals surface area contributed by atoms with E-state index in [1.807, 2.05) is 0 Å². The zero-order valence-corrected chi connectivity index (χ0v) is 15.4. The van der Waals surface area contributed by atoms with E-state index >= 15 is 0 Å². The van der Waals surface area contributed by atoms with Crippen molar-refractivity contribution in [3.63, 3.8) is 0 Å². The number of carboxylic acid groups (broad SMARTS) is 2. The first kappa shape index (κ1) is 19.6. The van der Waals surface area contributed by atoms with Crippen LogP contribution in [0.25, 0.3) is 0 Å². The SMILES string of the molecule is CC1(C(=O)O)C=CC=C(C(=O)O)C1.CCC(C)O[SiH]1CCCC1. The Balaban J connectivity index is 0.000000238. The van der Waals surface area contributed by atoms with Crippen LogP contribution in [-0.4, -0.2) is 37.3 Å². The Bertz CT molecular complexity index is 479. The smallest absolute Gasteiger partial charge is 0.331 e. The van der Waals surface area contributed by atoms with Crippen LogP contribution in [0.4, 0.5) is 0 Å². The Morgan fingerprint density at radius 3 is 2.43 bits per heavy atom. The molecule has 0 aromatic carbocycles. The molecular weight excluding hydrogens is 312 g/mol. The molecule has 1 saturated heterocycles. The summed E-state index contributed by atoms with van der Waals surface area (Å²) in [5, 5.41) is 17.5. The van der Waals surface area contributed by atoms with Gasteiger partial charge in [-0.2, -0.15) is 0 Å². The Morgan fingerprint density at radius 1 is 1.35 bits per heavy atom. The van der Waals surface area contributed by atoms with E-state index in [-0.39, 0.29) is 12.0 Å². The molecule has 5 nitrogen and oxygen atoms in total. The molecule has 0 saturated carbocycles. The molecule has 23 heavy (non-hydrogen) atoms. The van der Waals surface area contributed by atoms with E-state index in [4.69, 9.17) is 14.6 Å². The van der Waals surface area contributed by atoms with Gasteiger partial charge in [-0.25, -0.2) is 4.79 Å². The zero-order chi connectivity index (χ0) is 17.5. The molecular formula is C17H28O5Si. The highest BCUT2D eigenvalue weighted by Gasteiger charge is 2.34. The minimum Gasteiger partial charge on any atom is -0.481 e. The molecule has 0 amide bonds. The van der Waals surface area contributed by atoms with E-state index in [0.29, 0.717) is 6.10 Å². The van der Waals surface area contributed by atoms with Crippen LogP contribution in [0.1, 0.15) is 46.5 Å². The van der Waals surface area contributed by atoms with Crippen LogP contribution < -0.4 is 0 Å². The highest BCUT2D eigenvalue weighted by atomic mass is 28.3. The van der Waals surface area contributed by atoms with Crippen LogP contribution in [0, 0.1) is 5.41 Å². The standard InChI is InChI=1S/C9H10O4.C8H18OSi/c1-9(8(12)13)4-2-3-6(5-9)7(10)11;1-3-8(2)9-10-6-4-5-7-10/h2-4H,5H2,1H3,(H,10,11)(H,12,13);8,10H,3-7H2,1-2H3. The number of carbonyl (C=O) groups is 2. The van der Waals surface area contributed by atoms with Gasteiger partial charge in [0.05, 0.1) is 5.41 Å². The molecule has 1 aliphatic heterocycles. The van der Waals surface area contributed by atoms with Crippen molar-refractivity contribution in [1.82, 2.24) is 0 Å². The summed E-state index contributed by atoms with van der Waals surface area (Å²) in [5.41, 5.74) is -0.949. The summed E-state index contributed by atoms with van der Waals surface area (Å²) in [6.45, 7) is 5.90. The lowest BCUT2D eigenvalue weighted by molar-refractivity contribution is -0.145. The van der Waals surface area contributed by atoms with Gasteiger partial charge < -0.3 is 14.6 Å². The maximum absolute atomic E-state index is 10.8. The lowest BCUT2D eigenvalue weighted by atomic mass is 9.80. The van der Waals surface area contributed by atoms with Gasteiger partial charge in [0, 0.05) is 11.7 Å². The largest absolute Gasteiger partial charge is 0.481 e. The van der Waals surface area contributed by atoms with E-state index in [2.05, 4.69) is 13.8 Å². The molecule has 0 aromatic rings. The fourth-order valence-corrected chi connectivity index (χ4v) is 5.53. The van der Waals surface area contributed by atoms with Crippen molar-refractivity contribution in [2.75, 3.05) is 0 Å². The van der Waals surface area contributed by atoms with Crippen LogP contribution in [0.15, 0.2) is 23.8 Å². The van der Waals surface area contributed by atoms with E-state index in [1.165, 1.54) is 56.5 Å². The summed E-state index contributed by atoms with van der Waals surface area (Å²) in [6.07, 6.45) is 9.03. The van der Waals surface area contributed by atoms with E-state index < -0.39 is 26.4 Å². The molecule has 2 aliphatic rings. The van der Waals surface area contributed by atoms with Crippen molar-refractivity contribution < 1.29 is 24.2 Å². The normalized spacial score (nSPS) is 25.3. The van der Waals surface area contributed by atoms with Crippen molar-refractivity contribution in [3.05, 3.63) is 23.8 Å². The van der Waals surface area contributed by atoms with Gasteiger partial charge in [0.15, 0.2) is 9.04 Å². The summed E-state index contributed by atoms with van der Waals surface area (Å²) in [5.74, 6) is -2.06. The van der Waals surface area contributed by atoms with E-state index in [0.717, 1.165) is 0 Å². The molecule has 1 aliphatic carbocycles. The Kier molecular flexibility index (Phi) is 7.71. The van der Waals surface area contributed by atoms with Gasteiger partial charge in [-0.1, -0.05) is 38.0 Å². The van der Waals surface area contributed by atoms with Crippen molar-refractivity contribution >= 4 is 21.0 Å². The molecule has 0 bridgehead atoms. The summed E-state index contributed by atoms with van der Waals surface area (Å²) < 4.78 is 5.90. The van der Waals surface area contributed by atoms with Crippen molar-refractivity contribution in [3.8, 4) is 0 Å². The second-order valence-corrected chi connectivity index (χ2v) is 9.19. The minimum atomic E-state index is -1.08. The number of rotatable bonds is 5. The van der Waals surface area contributed by atoms with Gasteiger partial charge in [0.2, 0.25) is 0 Å². The fourth-order valence-electron chi connectivity index (χ4n) is 2.63. The fraction of sp³-hybridized carbons (Fsp3) is 0.647. The van der Waals surface area contributed by atoms with Crippen molar-refractivity contribution in [2.45, 2.75) is 64.6 Å². The number of hydrogen-bond acceptors (Lipinski definition) is 3. The first-order valence-electron chi connectivity index (χ1n) is 8.29. The molecule has 0 aromatic heterocycles. The van der Waals surface area contributed by atoms with Gasteiger partial charge in [-0.15, -0.1) is 0 Å². The summed E-state index contributed by atoms with van der Waals surface area (Å²) in [7, 11) is -0.657. The summed E-state index contributed by atoms with van der Waals surface area (Å²) in [4.78, 5) is 21.3. The maximum atomic E-state index is 10.8. The summed E-state index contributed by atoms with van der Waals surface area (Å²) >= 11 is 0. The highest BCUT2D eigenvalue weighted by Crippen LogP contribution is 2.31. The summed E-state index contributed by atoms with van der Waals surface area (Å²) in [6, 6.07) is 2.87. The monoisotopic (exact) mass is 340 g/mol. The number of allylic oxidation sites excluding steroid dienone is 2. The van der Waals surface area contributed by atoms with E-state index in [1.54, 1.807) is 0 Å². The Hall–Kier alpha value is -1.40. The average molecular weight is 340 g/mol. The van der Waals surface area contributed by atoms with Gasteiger partial charge >= 0.3 is 11.9 Å². The molecule has 6 heteroatoms. The lowest BCUT2D eigenvalue weighted by Gasteiger charge is -2.23. The van der Waals surface area contributed by atoms with Crippen molar-refractivity contribution in [2.24, 2.45) is 5.41 Å². The number of hydrogen-bond donors (Lipinski definition) is 2. The average Bonchev–Trinajstić information content (AvgIpc) is 3.00. The van der Waals surface area contributed by atoms with Crippen LogP contribution in [0.3, 0.4) is 0 Å². The molecule has 130 valence electrons. The number of carboxylic acids is 2. The molecule has 2 unspecified atom stereocenters. The lowest BCUT2D eigenvalue weighted by Crippen LogP contribution is -2.28. The Morgan fingerprint density at radius 2 is 1.96 bits per heavy atom. The van der Waals surface area contributed by atoms with Gasteiger partial charge in [0.25, 0.3) is 0 Å². The predicted octanol–water partition coefficient (Wildman–Crippen LogP) is 3.37. The topological polar surface area (TPSA) is 83.8 Å². The maximum Gasteiger partial charge on any atom is 0.331 e. The molecule has 2 N–H and O–H groups in total. The van der Waals surface area contributed by atoms with Crippen LogP contribution >= 0.6 is 0 Å². The van der Waals surface area contributed by atoms with Crippen LogP contribution in [-0.2, 0) is 14.0 Å². The van der Waals surface area contributed by atoms with Crippen LogP contribution in [0.5, 0.6) is 0 Å². The minimum absolute atomic E-state index is 0.0359. The predicted molar refractivity (Wildman–Crippen MR) is 92.1 cm³/mol. The Labute approximate surface area is 139 Å². The first-order valence-corrected chi connectivity index (χ1v) is 10.4. The van der Waals surface area contributed by atoms with Gasteiger partial charge in [0.1, 0.15) is 0 Å². The van der Waals surface area contributed by atoms with Crippen molar-refractivity contribution in [1.29, 1.82) is 0 Å².